The lowest BCUT2D eigenvalue weighted by molar-refractivity contribution is -0.129. The number of nitrogens with two attached hydrogens (primary N) is 1. The fourth-order valence-electron chi connectivity index (χ4n) is 1.52. The molecule has 80 valence electrons. The van der Waals surface area contributed by atoms with Crippen molar-refractivity contribution >= 4 is 11.8 Å². The number of primary amides is 1. The van der Waals surface area contributed by atoms with Gasteiger partial charge in [0.25, 0.3) is 0 Å². The van der Waals surface area contributed by atoms with Crippen LogP contribution < -0.4 is 16.4 Å². The molecule has 5 nitrogen and oxygen atoms in total. The van der Waals surface area contributed by atoms with E-state index >= 15 is 0 Å². The van der Waals surface area contributed by atoms with Crippen molar-refractivity contribution in [1.82, 2.24) is 10.6 Å². The van der Waals surface area contributed by atoms with Crippen LogP contribution in [-0.2, 0) is 9.59 Å². The molecule has 0 aromatic heterocycles. The number of amides is 2. The smallest absolute Gasteiger partial charge is 0.227 e. The maximum Gasteiger partial charge on any atom is 0.227 e. The zero-order valence-electron chi connectivity index (χ0n) is 8.43. The third kappa shape index (κ3) is 2.70. The number of nitrogens with one attached hydrogen (secondary N) is 2. The molecule has 1 heterocycles. The summed E-state index contributed by atoms with van der Waals surface area (Å²) in [5.74, 6) is -0.385. The van der Waals surface area contributed by atoms with Gasteiger partial charge in [0.1, 0.15) is 0 Å². The Kier molecular flexibility index (Phi) is 3.46. The molecule has 1 atom stereocenters. The first-order valence-electron chi connectivity index (χ1n) is 4.82. The second-order valence-electron chi connectivity index (χ2n) is 3.96. The molecule has 0 aromatic carbocycles. The van der Waals surface area contributed by atoms with Crippen LogP contribution in [0.3, 0.4) is 0 Å². The maximum atomic E-state index is 11.6. The Morgan fingerprint density at radius 2 is 2.29 bits per heavy atom. The van der Waals surface area contributed by atoms with Crippen LogP contribution in [0.2, 0.25) is 0 Å². The SMILES string of the molecule is CC1(C(=O)NCCC(N)=O)CCNC1. The van der Waals surface area contributed by atoms with E-state index < -0.39 is 0 Å². The molecule has 1 unspecified atom stereocenters. The number of carbonyl (C=O) groups is 2. The molecule has 0 saturated carbocycles. The molecular weight excluding hydrogens is 182 g/mol. The average molecular weight is 199 g/mol. The summed E-state index contributed by atoms with van der Waals surface area (Å²) in [6, 6.07) is 0. The van der Waals surface area contributed by atoms with E-state index in [-0.39, 0.29) is 23.7 Å². The summed E-state index contributed by atoms with van der Waals surface area (Å²) < 4.78 is 0. The predicted molar refractivity (Wildman–Crippen MR) is 52.4 cm³/mol. The monoisotopic (exact) mass is 199 g/mol. The average Bonchev–Trinajstić information content (AvgIpc) is 2.52. The van der Waals surface area contributed by atoms with Crippen LogP contribution >= 0.6 is 0 Å². The van der Waals surface area contributed by atoms with Crippen LogP contribution in [0.25, 0.3) is 0 Å². The molecule has 0 radical (unpaired) electrons. The standard InChI is InChI=1S/C9H17N3O2/c1-9(3-5-11-6-9)8(14)12-4-2-7(10)13/h11H,2-6H2,1H3,(H2,10,13)(H,12,14). The van der Waals surface area contributed by atoms with Crippen molar-refractivity contribution in [2.45, 2.75) is 19.8 Å². The zero-order chi connectivity index (χ0) is 10.6. The highest BCUT2D eigenvalue weighted by Crippen LogP contribution is 2.24. The topological polar surface area (TPSA) is 84.2 Å². The van der Waals surface area contributed by atoms with Crippen LogP contribution in [0.1, 0.15) is 19.8 Å². The number of hydrogen-bond acceptors (Lipinski definition) is 3. The van der Waals surface area contributed by atoms with Gasteiger partial charge in [0.05, 0.1) is 5.41 Å². The van der Waals surface area contributed by atoms with Crippen molar-refractivity contribution < 1.29 is 9.59 Å². The lowest BCUT2D eigenvalue weighted by atomic mass is 9.89. The van der Waals surface area contributed by atoms with Gasteiger partial charge >= 0.3 is 0 Å². The van der Waals surface area contributed by atoms with Crippen molar-refractivity contribution in [1.29, 1.82) is 0 Å². The van der Waals surface area contributed by atoms with Gasteiger partial charge in [-0.05, 0) is 19.9 Å². The van der Waals surface area contributed by atoms with E-state index in [0.717, 1.165) is 13.0 Å². The van der Waals surface area contributed by atoms with Crippen LogP contribution in [-0.4, -0.2) is 31.4 Å². The summed E-state index contributed by atoms with van der Waals surface area (Å²) in [5.41, 5.74) is 4.64. The van der Waals surface area contributed by atoms with Crippen molar-refractivity contribution in [3.63, 3.8) is 0 Å². The van der Waals surface area contributed by atoms with E-state index in [1.165, 1.54) is 0 Å². The first-order valence-corrected chi connectivity index (χ1v) is 4.82. The van der Waals surface area contributed by atoms with E-state index in [9.17, 15) is 9.59 Å². The molecule has 5 heteroatoms. The molecule has 1 saturated heterocycles. The first kappa shape index (κ1) is 11.0. The number of rotatable bonds is 4. The van der Waals surface area contributed by atoms with Crippen molar-refractivity contribution in [3.8, 4) is 0 Å². The minimum absolute atomic E-state index is 0.00347. The van der Waals surface area contributed by atoms with Gasteiger partial charge in [-0.2, -0.15) is 0 Å². The van der Waals surface area contributed by atoms with E-state index in [2.05, 4.69) is 10.6 Å². The Morgan fingerprint density at radius 3 is 2.79 bits per heavy atom. The van der Waals surface area contributed by atoms with E-state index in [1.807, 2.05) is 6.92 Å². The first-order chi connectivity index (χ1) is 6.54. The normalized spacial score (nSPS) is 26.1. The Bertz CT molecular complexity index is 234. The van der Waals surface area contributed by atoms with Crippen LogP contribution in [0.5, 0.6) is 0 Å². The van der Waals surface area contributed by atoms with Crippen molar-refractivity contribution in [2.24, 2.45) is 11.1 Å². The highest BCUT2D eigenvalue weighted by molar-refractivity contribution is 5.83. The Labute approximate surface area is 83.4 Å². The van der Waals surface area contributed by atoms with Gasteiger partial charge in [-0.1, -0.05) is 0 Å². The van der Waals surface area contributed by atoms with Gasteiger partial charge in [-0.3, -0.25) is 9.59 Å². The lowest BCUT2D eigenvalue weighted by Crippen LogP contribution is -2.41. The van der Waals surface area contributed by atoms with E-state index in [0.29, 0.717) is 13.1 Å². The van der Waals surface area contributed by atoms with Gasteiger partial charge in [-0.25, -0.2) is 0 Å². The Balaban J connectivity index is 2.30. The summed E-state index contributed by atoms with van der Waals surface area (Å²) in [6.45, 7) is 3.84. The minimum atomic E-state index is -0.389. The predicted octanol–water partition coefficient (Wildman–Crippen LogP) is -1.02. The molecule has 0 bridgehead atoms. The molecule has 4 N–H and O–H groups in total. The van der Waals surface area contributed by atoms with Crippen LogP contribution in [0.15, 0.2) is 0 Å². The van der Waals surface area contributed by atoms with E-state index in [1.54, 1.807) is 0 Å². The van der Waals surface area contributed by atoms with Gasteiger partial charge in [-0.15, -0.1) is 0 Å². The van der Waals surface area contributed by atoms with Crippen molar-refractivity contribution in [2.75, 3.05) is 19.6 Å². The summed E-state index contributed by atoms with van der Waals surface area (Å²) in [6.07, 6.45) is 1.05. The van der Waals surface area contributed by atoms with Gasteiger partial charge < -0.3 is 16.4 Å². The van der Waals surface area contributed by atoms with Crippen LogP contribution in [0, 0.1) is 5.41 Å². The van der Waals surface area contributed by atoms with E-state index in [4.69, 9.17) is 5.73 Å². The maximum absolute atomic E-state index is 11.6. The number of carbonyl (C=O) groups excluding carboxylic acids is 2. The fraction of sp³-hybridized carbons (Fsp3) is 0.778. The third-order valence-electron chi connectivity index (χ3n) is 2.57. The van der Waals surface area contributed by atoms with Gasteiger partial charge in [0.15, 0.2) is 0 Å². The summed E-state index contributed by atoms with van der Waals surface area (Å²) in [5, 5.41) is 5.86. The Morgan fingerprint density at radius 1 is 1.57 bits per heavy atom. The second kappa shape index (κ2) is 4.41. The van der Waals surface area contributed by atoms with Gasteiger partial charge in [0, 0.05) is 19.5 Å². The molecule has 0 aromatic rings. The molecule has 1 rings (SSSR count). The summed E-state index contributed by atoms with van der Waals surface area (Å²) >= 11 is 0. The zero-order valence-corrected chi connectivity index (χ0v) is 8.43. The third-order valence-corrected chi connectivity index (χ3v) is 2.57. The second-order valence-corrected chi connectivity index (χ2v) is 3.96. The molecular formula is C9H17N3O2. The summed E-state index contributed by atoms with van der Waals surface area (Å²) in [7, 11) is 0. The summed E-state index contributed by atoms with van der Waals surface area (Å²) in [4.78, 5) is 22.1. The molecule has 2 amide bonds. The number of hydrogen-bond donors (Lipinski definition) is 3. The van der Waals surface area contributed by atoms with Crippen LogP contribution in [0.4, 0.5) is 0 Å². The largest absolute Gasteiger partial charge is 0.370 e. The molecule has 1 aliphatic heterocycles. The highest BCUT2D eigenvalue weighted by atomic mass is 16.2. The molecule has 0 aliphatic carbocycles. The molecule has 1 aliphatic rings. The molecule has 1 fully saturated rings. The van der Waals surface area contributed by atoms with Gasteiger partial charge in [0.2, 0.25) is 11.8 Å². The molecule has 0 spiro atoms. The van der Waals surface area contributed by atoms with Crippen molar-refractivity contribution in [3.05, 3.63) is 0 Å². The lowest BCUT2D eigenvalue weighted by Gasteiger charge is -2.21. The fourth-order valence-corrected chi connectivity index (χ4v) is 1.52. The highest BCUT2D eigenvalue weighted by Gasteiger charge is 2.35. The molecule has 14 heavy (non-hydrogen) atoms. The Hall–Kier alpha value is -1.10. The minimum Gasteiger partial charge on any atom is -0.370 e. The quantitative estimate of drug-likeness (QED) is 0.541.